The van der Waals surface area contributed by atoms with Gasteiger partial charge in [-0.2, -0.15) is 0 Å². The summed E-state index contributed by atoms with van der Waals surface area (Å²) in [5.41, 5.74) is 1.67. The molecule has 0 aliphatic carbocycles. The Labute approximate surface area is 145 Å². The van der Waals surface area contributed by atoms with Crippen molar-refractivity contribution >= 4 is 11.9 Å². The zero-order chi connectivity index (χ0) is 18.1. The predicted molar refractivity (Wildman–Crippen MR) is 90.5 cm³/mol. The number of hydrogen-bond donors (Lipinski definition) is 1. The number of halogens is 1. The number of para-hydroxylation sites is 1. The van der Waals surface area contributed by atoms with Crippen LogP contribution >= 0.6 is 0 Å². The normalized spacial score (nSPS) is 10.2. The molecule has 0 radical (unpaired) electrons. The van der Waals surface area contributed by atoms with Gasteiger partial charge in [0.25, 0.3) is 5.91 Å². The molecule has 0 aliphatic rings. The quantitative estimate of drug-likeness (QED) is 0.747. The van der Waals surface area contributed by atoms with Crippen molar-refractivity contribution in [2.45, 2.75) is 19.4 Å². The second kappa shape index (κ2) is 9.42. The van der Waals surface area contributed by atoms with Crippen molar-refractivity contribution in [2.75, 3.05) is 13.7 Å². The minimum atomic E-state index is -0.475. The van der Waals surface area contributed by atoms with E-state index in [0.29, 0.717) is 12.2 Å². The zero-order valence-electron chi connectivity index (χ0n) is 14.0. The van der Waals surface area contributed by atoms with Crippen LogP contribution in [0.2, 0.25) is 0 Å². The summed E-state index contributed by atoms with van der Waals surface area (Å²) in [4.78, 5) is 23.4. The molecule has 0 saturated carbocycles. The third-order valence-electron chi connectivity index (χ3n) is 3.56. The first-order valence-electron chi connectivity index (χ1n) is 7.87. The average molecular weight is 345 g/mol. The van der Waals surface area contributed by atoms with Crippen molar-refractivity contribution in [1.29, 1.82) is 0 Å². The predicted octanol–water partition coefficient (Wildman–Crippen LogP) is 2.63. The van der Waals surface area contributed by atoms with Crippen molar-refractivity contribution in [1.82, 2.24) is 5.32 Å². The van der Waals surface area contributed by atoms with Gasteiger partial charge in [-0.05, 0) is 30.2 Å². The van der Waals surface area contributed by atoms with Crippen LogP contribution in [0, 0.1) is 5.82 Å². The maximum Gasteiger partial charge on any atom is 0.306 e. The average Bonchev–Trinajstić information content (AvgIpc) is 2.64. The van der Waals surface area contributed by atoms with E-state index in [-0.39, 0.29) is 31.3 Å². The molecule has 5 nitrogen and oxygen atoms in total. The van der Waals surface area contributed by atoms with Gasteiger partial charge in [0, 0.05) is 18.5 Å². The molecule has 0 atom stereocenters. The molecule has 1 N–H and O–H groups in total. The zero-order valence-corrected chi connectivity index (χ0v) is 14.0. The number of hydrogen-bond acceptors (Lipinski definition) is 4. The standard InChI is InChI=1S/C19H20FNO4/c1-24-17-5-3-2-4-15(17)12-21-18(22)13-25-19(23)11-8-14-6-9-16(20)10-7-14/h2-7,9-10H,8,11-13H2,1H3,(H,21,22). The molecule has 2 aromatic carbocycles. The molecule has 6 heteroatoms. The summed E-state index contributed by atoms with van der Waals surface area (Å²) in [5, 5.41) is 2.67. The molecule has 0 bridgehead atoms. The van der Waals surface area contributed by atoms with Crippen molar-refractivity contribution in [3.63, 3.8) is 0 Å². The van der Waals surface area contributed by atoms with Crippen LogP contribution in [0.25, 0.3) is 0 Å². The Morgan fingerprint density at radius 1 is 1.08 bits per heavy atom. The smallest absolute Gasteiger partial charge is 0.306 e. The summed E-state index contributed by atoms with van der Waals surface area (Å²) in [7, 11) is 1.56. The Kier molecular flexibility index (Phi) is 6.95. The van der Waals surface area contributed by atoms with E-state index in [1.54, 1.807) is 25.3 Å². The van der Waals surface area contributed by atoms with E-state index in [1.165, 1.54) is 12.1 Å². The van der Waals surface area contributed by atoms with Gasteiger partial charge in [0.1, 0.15) is 11.6 Å². The topological polar surface area (TPSA) is 64.6 Å². The van der Waals surface area contributed by atoms with Crippen LogP contribution in [-0.4, -0.2) is 25.6 Å². The lowest BCUT2D eigenvalue weighted by molar-refractivity contribution is -0.148. The summed E-state index contributed by atoms with van der Waals surface area (Å²) in [6, 6.07) is 13.2. The maximum absolute atomic E-state index is 12.8. The van der Waals surface area contributed by atoms with E-state index in [4.69, 9.17) is 9.47 Å². The fraction of sp³-hybridized carbons (Fsp3) is 0.263. The molecular formula is C19H20FNO4. The van der Waals surface area contributed by atoms with Crippen molar-refractivity contribution in [3.8, 4) is 5.75 Å². The Morgan fingerprint density at radius 2 is 1.80 bits per heavy atom. The number of benzene rings is 2. The van der Waals surface area contributed by atoms with Crippen molar-refractivity contribution < 1.29 is 23.5 Å². The Balaban J connectivity index is 1.68. The fourth-order valence-corrected chi connectivity index (χ4v) is 2.21. The van der Waals surface area contributed by atoms with Gasteiger partial charge < -0.3 is 14.8 Å². The van der Waals surface area contributed by atoms with Gasteiger partial charge >= 0.3 is 5.97 Å². The molecule has 132 valence electrons. The van der Waals surface area contributed by atoms with Gasteiger partial charge in [-0.15, -0.1) is 0 Å². The van der Waals surface area contributed by atoms with Crippen LogP contribution in [0.3, 0.4) is 0 Å². The van der Waals surface area contributed by atoms with Gasteiger partial charge in [-0.3, -0.25) is 9.59 Å². The van der Waals surface area contributed by atoms with Crippen LogP contribution in [0.5, 0.6) is 5.75 Å². The highest BCUT2D eigenvalue weighted by molar-refractivity contribution is 5.80. The highest BCUT2D eigenvalue weighted by Gasteiger charge is 2.09. The molecule has 2 rings (SSSR count). The minimum absolute atomic E-state index is 0.130. The van der Waals surface area contributed by atoms with E-state index < -0.39 is 5.97 Å². The molecule has 0 aliphatic heterocycles. The summed E-state index contributed by atoms with van der Waals surface area (Å²) in [5.74, 6) is -0.505. The number of esters is 1. The van der Waals surface area contributed by atoms with E-state index in [2.05, 4.69) is 5.32 Å². The third kappa shape index (κ3) is 6.25. The summed E-state index contributed by atoms with van der Waals surface area (Å²) < 4.78 is 22.9. The maximum atomic E-state index is 12.8. The van der Waals surface area contributed by atoms with E-state index in [0.717, 1.165) is 11.1 Å². The number of amides is 1. The summed E-state index contributed by atoms with van der Waals surface area (Å²) >= 11 is 0. The lowest BCUT2D eigenvalue weighted by Crippen LogP contribution is -2.28. The molecule has 25 heavy (non-hydrogen) atoms. The lowest BCUT2D eigenvalue weighted by atomic mass is 10.1. The molecule has 0 saturated heterocycles. The Bertz CT molecular complexity index is 716. The molecule has 0 aromatic heterocycles. The van der Waals surface area contributed by atoms with Gasteiger partial charge in [-0.1, -0.05) is 30.3 Å². The van der Waals surface area contributed by atoms with Crippen LogP contribution in [0.15, 0.2) is 48.5 Å². The van der Waals surface area contributed by atoms with Crippen molar-refractivity contribution in [2.24, 2.45) is 0 Å². The minimum Gasteiger partial charge on any atom is -0.496 e. The van der Waals surface area contributed by atoms with Gasteiger partial charge in [0.05, 0.1) is 7.11 Å². The molecule has 0 spiro atoms. The van der Waals surface area contributed by atoms with E-state index >= 15 is 0 Å². The van der Waals surface area contributed by atoms with Crippen LogP contribution in [-0.2, 0) is 27.3 Å². The molecule has 0 fully saturated rings. The largest absolute Gasteiger partial charge is 0.496 e. The molecular weight excluding hydrogens is 325 g/mol. The number of methoxy groups -OCH3 is 1. The van der Waals surface area contributed by atoms with Crippen LogP contribution < -0.4 is 10.1 Å². The highest BCUT2D eigenvalue weighted by atomic mass is 19.1. The number of carbonyl (C=O) groups excluding carboxylic acids is 2. The second-order valence-corrected chi connectivity index (χ2v) is 5.38. The van der Waals surface area contributed by atoms with Crippen LogP contribution in [0.1, 0.15) is 17.5 Å². The monoisotopic (exact) mass is 345 g/mol. The van der Waals surface area contributed by atoms with Gasteiger partial charge in [-0.25, -0.2) is 4.39 Å². The van der Waals surface area contributed by atoms with Crippen LogP contribution in [0.4, 0.5) is 4.39 Å². The van der Waals surface area contributed by atoms with E-state index in [9.17, 15) is 14.0 Å². The number of rotatable bonds is 8. The first-order chi connectivity index (χ1) is 12.1. The number of ether oxygens (including phenoxy) is 2. The van der Waals surface area contributed by atoms with Crippen molar-refractivity contribution in [3.05, 3.63) is 65.5 Å². The molecule has 2 aromatic rings. The number of aryl methyl sites for hydroxylation is 1. The number of carbonyl (C=O) groups is 2. The van der Waals surface area contributed by atoms with Gasteiger partial charge in [0.2, 0.25) is 0 Å². The summed E-state index contributed by atoms with van der Waals surface area (Å²) in [6.07, 6.45) is 0.563. The first kappa shape index (κ1) is 18.4. The Hall–Kier alpha value is -2.89. The molecule has 0 unspecified atom stereocenters. The molecule has 1 amide bonds. The molecule has 0 heterocycles. The summed E-state index contributed by atoms with van der Waals surface area (Å²) in [6.45, 7) is -0.0482. The SMILES string of the molecule is COc1ccccc1CNC(=O)COC(=O)CCc1ccc(F)cc1. The third-order valence-corrected chi connectivity index (χ3v) is 3.56. The fourth-order valence-electron chi connectivity index (χ4n) is 2.21. The second-order valence-electron chi connectivity index (χ2n) is 5.38. The highest BCUT2D eigenvalue weighted by Crippen LogP contribution is 2.16. The number of nitrogens with one attached hydrogen (secondary N) is 1. The Morgan fingerprint density at radius 3 is 2.52 bits per heavy atom. The first-order valence-corrected chi connectivity index (χ1v) is 7.87. The van der Waals surface area contributed by atoms with E-state index in [1.807, 2.05) is 18.2 Å². The van der Waals surface area contributed by atoms with Gasteiger partial charge in [0.15, 0.2) is 6.61 Å². The lowest BCUT2D eigenvalue weighted by Gasteiger charge is -2.10.